The zero-order valence-electron chi connectivity index (χ0n) is 18.2. The summed E-state index contributed by atoms with van der Waals surface area (Å²) in [4.78, 5) is 15.3. The number of halogens is 1. The molecule has 0 unspecified atom stereocenters. The third-order valence-corrected chi connectivity index (χ3v) is 7.65. The molecule has 4 rings (SSSR count). The topological polar surface area (TPSA) is 69.7 Å². The van der Waals surface area contributed by atoms with Gasteiger partial charge in [-0.15, -0.1) is 0 Å². The zero-order chi connectivity index (χ0) is 23.3. The third kappa shape index (κ3) is 5.67. The number of hydrogen-bond donors (Lipinski definition) is 1. The van der Waals surface area contributed by atoms with Gasteiger partial charge in [0.25, 0.3) is 10.0 Å². The second-order valence-corrected chi connectivity index (χ2v) is 10.2. The maximum atomic E-state index is 13.3. The Morgan fingerprint density at radius 1 is 0.879 bits per heavy atom. The van der Waals surface area contributed by atoms with E-state index in [0.29, 0.717) is 16.4 Å². The van der Waals surface area contributed by atoms with E-state index in [4.69, 9.17) is 11.6 Å². The molecule has 0 aliphatic carbocycles. The molecule has 1 heterocycles. The first-order valence-corrected chi connectivity index (χ1v) is 12.7. The van der Waals surface area contributed by atoms with E-state index < -0.39 is 15.9 Å². The van der Waals surface area contributed by atoms with Crippen LogP contribution in [-0.4, -0.2) is 34.0 Å². The molecule has 1 aliphatic heterocycles. The molecular weight excluding hydrogens is 458 g/mol. The predicted molar refractivity (Wildman–Crippen MR) is 134 cm³/mol. The second kappa shape index (κ2) is 10.3. The number of para-hydroxylation sites is 1. The molecule has 3 aromatic rings. The molecule has 8 heteroatoms. The van der Waals surface area contributed by atoms with Crippen LogP contribution in [0.25, 0.3) is 0 Å². The Hall–Kier alpha value is -3.03. The van der Waals surface area contributed by atoms with E-state index in [1.807, 2.05) is 24.3 Å². The summed E-state index contributed by atoms with van der Waals surface area (Å²) in [5.41, 5.74) is 2.16. The lowest BCUT2D eigenvalue weighted by molar-refractivity contribution is -0.114. The molecule has 1 N–H and O–H groups in total. The van der Waals surface area contributed by atoms with Crippen molar-refractivity contribution in [1.29, 1.82) is 0 Å². The van der Waals surface area contributed by atoms with Gasteiger partial charge in [0, 0.05) is 29.5 Å². The standard InChI is InChI=1S/C25H26ClN3O3S/c26-20-9-15-24(16-10-20)33(31,32)29(23-7-3-1-4-8-23)19-25(30)27-21-11-13-22(14-12-21)28-17-5-2-6-18-28/h1,3-4,7-16H,2,5-6,17-19H2,(H,27,30). The lowest BCUT2D eigenvalue weighted by Crippen LogP contribution is -2.38. The fourth-order valence-electron chi connectivity index (χ4n) is 3.88. The van der Waals surface area contributed by atoms with Gasteiger partial charge in [-0.3, -0.25) is 9.10 Å². The van der Waals surface area contributed by atoms with Gasteiger partial charge in [-0.05, 0) is 79.9 Å². The number of carbonyl (C=O) groups excluding carboxylic acids is 1. The van der Waals surface area contributed by atoms with Gasteiger partial charge >= 0.3 is 0 Å². The highest BCUT2D eigenvalue weighted by atomic mass is 35.5. The molecule has 1 amide bonds. The Morgan fingerprint density at radius 2 is 1.52 bits per heavy atom. The van der Waals surface area contributed by atoms with Crippen molar-refractivity contribution in [2.45, 2.75) is 24.2 Å². The average Bonchev–Trinajstić information content (AvgIpc) is 2.84. The van der Waals surface area contributed by atoms with Gasteiger partial charge in [0.05, 0.1) is 10.6 Å². The number of hydrogen-bond acceptors (Lipinski definition) is 4. The number of nitrogens with zero attached hydrogens (tertiary/aromatic N) is 2. The Morgan fingerprint density at radius 3 is 2.15 bits per heavy atom. The lowest BCUT2D eigenvalue weighted by atomic mass is 10.1. The summed E-state index contributed by atoms with van der Waals surface area (Å²) < 4.78 is 27.8. The van der Waals surface area contributed by atoms with E-state index in [2.05, 4.69) is 10.2 Å². The van der Waals surface area contributed by atoms with Crippen molar-refractivity contribution >= 4 is 44.6 Å². The van der Waals surface area contributed by atoms with Crippen LogP contribution < -0.4 is 14.5 Å². The number of piperidine rings is 1. The first-order valence-electron chi connectivity index (χ1n) is 10.9. The fraction of sp³-hybridized carbons (Fsp3) is 0.240. The molecule has 0 saturated carbocycles. The minimum atomic E-state index is -3.97. The third-order valence-electron chi connectivity index (χ3n) is 5.61. The van der Waals surface area contributed by atoms with Crippen LogP contribution in [0.5, 0.6) is 0 Å². The Kier molecular flexibility index (Phi) is 7.20. The van der Waals surface area contributed by atoms with Crippen LogP contribution in [0.2, 0.25) is 5.02 Å². The first-order chi connectivity index (χ1) is 15.9. The average molecular weight is 484 g/mol. The highest BCUT2D eigenvalue weighted by Gasteiger charge is 2.27. The number of nitrogens with one attached hydrogen (secondary N) is 1. The van der Waals surface area contributed by atoms with Crippen LogP contribution in [-0.2, 0) is 14.8 Å². The van der Waals surface area contributed by atoms with Crippen LogP contribution in [0.3, 0.4) is 0 Å². The second-order valence-electron chi connectivity index (χ2n) is 7.94. The summed E-state index contributed by atoms with van der Waals surface area (Å²) in [6.45, 7) is 1.73. The molecule has 1 fully saturated rings. The van der Waals surface area contributed by atoms with E-state index >= 15 is 0 Å². The summed E-state index contributed by atoms with van der Waals surface area (Å²) in [5, 5.41) is 3.26. The molecule has 33 heavy (non-hydrogen) atoms. The van der Waals surface area contributed by atoms with Crippen molar-refractivity contribution < 1.29 is 13.2 Å². The van der Waals surface area contributed by atoms with Gasteiger partial charge < -0.3 is 10.2 Å². The van der Waals surface area contributed by atoms with E-state index in [9.17, 15) is 13.2 Å². The smallest absolute Gasteiger partial charge is 0.264 e. The quantitative estimate of drug-likeness (QED) is 0.503. The van der Waals surface area contributed by atoms with E-state index in [0.717, 1.165) is 23.1 Å². The predicted octanol–water partition coefficient (Wildman–Crippen LogP) is 5.16. The molecule has 0 spiro atoms. The van der Waals surface area contributed by atoms with Crippen molar-refractivity contribution in [2.75, 3.05) is 34.2 Å². The normalized spacial score (nSPS) is 14.0. The zero-order valence-corrected chi connectivity index (χ0v) is 19.7. The Bertz CT molecular complexity index is 1180. The van der Waals surface area contributed by atoms with Crippen LogP contribution in [0.15, 0.2) is 83.8 Å². The Balaban J connectivity index is 1.51. The van der Waals surface area contributed by atoms with Crippen LogP contribution in [0.1, 0.15) is 19.3 Å². The summed E-state index contributed by atoms with van der Waals surface area (Å²) in [7, 11) is -3.97. The molecule has 6 nitrogen and oxygen atoms in total. The molecule has 0 aromatic heterocycles. The molecule has 3 aromatic carbocycles. The molecule has 1 saturated heterocycles. The van der Waals surface area contributed by atoms with Crippen molar-refractivity contribution in [3.63, 3.8) is 0 Å². The highest BCUT2D eigenvalue weighted by molar-refractivity contribution is 7.92. The summed E-state index contributed by atoms with van der Waals surface area (Å²) in [6, 6.07) is 22.2. The highest BCUT2D eigenvalue weighted by Crippen LogP contribution is 2.25. The summed E-state index contributed by atoms with van der Waals surface area (Å²) >= 11 is 5.92. The van der Waals surface area contributed by atoms with Gasteiger partial charge in [-0.25, -0.2) is 8.42 Å². The largest absolute Gasteiger partial charge is 0.372 e. The SMILES string of the molecule is O=C(CN(c1ccccc1)S(=O)(=O)c1ccc(Cl)cc1)Nc1ccc(N2CCCCC2)cc1. The summed E-state index contributed by atoms with van der Waals surface area (Å²) in [6.07, 6.45) is 3.65. The molecule has 1 aliphatic rings. The Labute approximate surface area is 199 Å². The lowest BCUT2D eigenvalue weighted by Gasteiger charge is -2.29. The van der Waals surface area contributed by atoms with E-state index in [1.165, 1.54) is 43.5 Å². The number of amides is 1. The van der Waals surface area contributed by atoms with Gasteiger partial charge in [0.1, 0.15) is 6.54 Å². The monoisotopic (exact) mass is 483 g/mol. The maximum Gasteiger partial charge on any atom is 0.264 e. The molecule has 172 valence electrons. The van der Waals surface area contributed by atoms with Crippen molar-refractivity contribution in [1.82, 2.24) is 0 Å². The van der Waals surface area contributed by atoms with Crippen LogP contribution >= 0.6 is 11.6 Å². The van der Waals surface area contributed by atoms with Crippen molar-refractivity contribution in [2.24, 2.45) is 0 Å². The summed E-state index contributed by atoms with van der Waals surface area (Å²) in [5.74, 6) is -0.429. The fourth-order valence-corrected chi connectivity index (χ4v) is 5.43. The molecule has 0 atom stereocenters. The number of anilines is 3. The number of carbonyl (C=O) groups is 1. The molecule has 0 bridgehead atoms. The van der Waals surface area contributed by atoms with Gasteiger partial charge in [0.2, 0.25) is 5.91 Å². The van der Waals surface area contributed by atoms with E-state index in [-0.39, 0.29) is 11.4 Å². The van der Waals surface area contributed by atoms with Crippen LogP contribution in [0, 0.1) is 0 Å². The van der Waals surface area contributed by atoms with Gasteiger partial charge in [-0.1, -0.05) is 29.8 Å². The molecule has 0 radical (unpaired) electrons. The number of benzene rings is 3. The van der Waals surface area contributed by atoms with E-state index in [1.54, 1.807) is 30.3 Å². The number of rotatable bonds is 7. The number of sulfonamides is 1. The van der Waals surface area contributed by atoms with Crippen molar-refractivity contribution in [3.05, 3.63) is 83.9 Å². The minimum Gasteiger partial charge on any atom is -0.372 e. The van der Waals surface area contributed by atoms with Gasteiger partial charge in [-0.2, -0.15) is 0 Å². The van der Waals surface area contributed by atoms with Gasteiger partial charge in [0.15, 0.2) is 0 Å². The maximum absolute atomic E-state index is 13.3. The van der Waals surface area contributed by atoms with Crippen molar-refractivity contribution in [3.8, 4) is 0 Å². The minimum absolute atomic E-state index is 0.0643. The first kappa shape index (κ1) is 23.1. The molecular formula is C25H26ClN3O3S. The van der Waals surface area contributed by atoms with Crippen LogP contribution in [0.4, 0.5) is 17.1 Å².